The minimum atomic E-state index is 0.636. The summed E-state index contributed by atoms with van der Waals surface area (Å²) in [5.74, 6) is 1.66. The summed E-state index contributed by atoms with van der Waals surface area (Å²) in [5.41, 5.74) is 2.67. The Morgan fingerprint density at radius 3 is 2.64 bits per heavy atom. The van der Waals surface area contributed by atoms with Crippen LogP contribution in [0.5, 0.6) is 0 Å². The quantitative estimate of drug-likeness (QED) is 0.554. The van der Waals surface area contributed by atoms with Gasteiger partial charge in [-0.1, -0.05) is 12.1 Å². The molecule has 1 saturated heterocycles. The van der Waals surface area contributed by atoms with E-state index < -0.39 is 0 Å². The van der Waals surface area contributed by atoms with Gasteiger partial charge in [-0.05, 0) is 19.1 Å². The topological polar surface area (TPSA) is 75.6 Å². The maximum Gasteiger partial charge on any atom is 0.298 e. The lowest BCUT2D eigenvalue weighted by Gasteiger charge is -2.35. The third-order valence-corrected chi connectivity index (χ3v) is 4.52. The molecule has 4 aromatic rings. The van der Waals surface area contributed by atoms with Crippen LogP contribution >= 0.6 is 0 Å². The highest BCUT2D eigenvalue weighted by atomic mass is 16.4. The predicted octanol–water partition coefficient (Wildman–Crippen LogP) is 1.90. The summed E-state index contributed by atoms with van der Waals surface area (Å²) in [5, 5.41) is 4.30. The Morgan fingerprint density at radius 2 is 1.80 bits per heavy atom. The number of rotatable bonds is 2. The normalized spacial score (nSPS) is 15.4. The van der Waals surface area contributed by atoms with E-state index in [1.165, 1.54) is 0 Å². The van der Waals surface area contributed by atoms with Gasteiger partial charge in [0.05, 0.1) is 0 Å². The fourth-order valence-electron chi connectivity index (χ4n) is 3.26. The Balaban J connectivity index is 1.39. The van der Waals surface area contributed by atoms with E-state index in [-0.39, 0.29) is 0 Å². The second-order valence-electron chi connectivity index (χ2n) is 6.17. The second kappa shape index (κ2) is 5.44. The van der Waals surface area contributed by atoms with Crippen LogP contribution in [0.15, 0.2) is 41.1 Å². The highest BCUT2D eigenvalue weighted by Crippen LogP contribution is 2.24. The van der Waals surface area contributed by atoms with Crippen LogP contribution < -0.4 is 9.80 Å². The molecular weight excluding hydrogens is 318 g/mol. The molecule has 0 aliphatic carbocycles. The zero-order valence-electron chi connectivity index (χ0n) is 13.8. The Morgan fingerprint density at radius 1 is 1.00 bits per heavy atom. The van der Waals surface area contributed by atoms with Crippen molar-refractivity contribution in [2.45, 2.75) is 6.92 Å². The fourth-order valence-corrected chi connectivity index (χ4v) is 3.26. The van der Waals surface area contributed by atoms with Crippen LogP contribution in [0.3, 0.4) is 0 Å². The molecule has 8 nitrogen and oxygen atoms in total. The van der Waals surface area contributed by atoms with Crippen LogP contribution in [0.2, 0.25) is 0 Å². The van der Waals surface area contributed by atoms with Gasteiger partial charge >= 0.3 is 0 Å². The summed E-state index contributed by atoms with van der Waals surface area (Å²) in [4.78, 5) is 17.7. The lowest BCUT2D eigenvalue weighted by atomic mass is 10.3. The molecule has 0 radical (unpaired) electrons. The van der Waals surface area contributed by atoms with Crippen molar-refractivity contribution in [2.24, 2.45) is 0 Å². The number of piperazine rings is 1. The van der Waals surface area contributed by atoms with E-state index in [1.54, 1.807) is 10.8 Å². The van der Waals surface area contributed by atoms with Crippen molar-refractivity contribution in [3.63, 3.8) is 0 Å². The molecule has 5 rings (SSSR count). The van der Waals surface area contributed by atoms with Gasteiger partial charge in [-0.3, -0.25) is 0 Å². The molecule has 8 heteroatoms. The van der Waals surface area contributed by atoms with Crippen molar-refractivity contribution in [1.82, 2.24) is 24.6 Å². The van der Waals surface area contributed by atoms with Crippen molar-refractivity contribution in [3.05, 3.63) is 42.4 Å². The van der Waals surface area contributed by atoms with Gasteiger partial charge in [-0.2, -0.15) is 19.6 Å². The predicted molar refractivity (Wildman–Crippen MR) is 94.0 cm³/mol. The summed E-state index contributed by atoms with van der Waals surface area (Å²) < 4.78 is 7.68. The molecule has 1 aromatic carbocycles. The molecule has 1 fully saturated rings. The van der Waals surface area contributed by atoms with Crippen LogP contribution in [0, 0.1) is 6.92 Å². The number of hydrogen-bond donors (Lipinski definition) is 0. The first kappa shape index (κ1) is 14.2. The molecule has 4 heterocycles. The summed E-state index contributed by atoms with van der Waals surface area (Å²) in [6.07, 6.45) is 1.54. The zero-order valence-corrected chi connectivity index (χ0v) is 13.8. The lowest BCUT2D eigenvalue weighted by molar-refractivity contribution is 0.539. The second-order valence-corrected chi connectivity index (χ2v) is 6.17. The highest BCUT2D eigenvalue weighted by molar-refractivity contribution is 5.74. The van der Waals surface area contributed by atoms with Gasteiger partial charge < -0.3 is 14.2 Å². The molecule has 126 valence electrons. The largest absolute Gasteiger partial charge is 0.423 e. The van der Waals surface area contributed by atoms with Crippen LogP contribution in [0.25, 0.3) is 16.9 Å². The molecule has 0 bridgehead atoms. The van der Waals surface area contributed by atoms with E-state index in [0.717, 1.165) is 48.8 Å². The monoisotopic (exact) mass is 335 g/mol. The van der Waals surface area contributed by atoms with Crippen LogP contribution in [0.1, 0.15) is 5.69 Å². The van der Waals surface area contributed by atoms with E-state index in [0.29, 0.717) is 11.8 Å². The van der Waals surface area contributed by atoms with Crippen molar-refractivity contribution >= 4 is 28.7 Å². The van der Waals surface area contributed by atoms with E-state index in [2.05, 4.69) is 35.9 Å². The van der Waals surface area contributed by atoms with Crippen LogP contribution in [0.4, 0.5) is 11.8 Å². The molecule has 0 N–H and O–H groups in total. The fraction of sp³-hybridized carbons (Fsp3) is 0.294. The minimum Gasteiger partial charge on any atom is -0.423 e. The number of anilines is 2. The van der Waals surface area contributed by atoms with Crippen LogP contribution in [-0.2, 0) is 0 Å². The lowest BCUT2D eigenvalue weighted by Crippen LogP contribution is -2.47. The number of para-hydroxylation sites is 2. The molecule has 0 spiro atoms. The van der Waals surface area contributed by atoms with Crippen molar-refractivity contribution in [2.75, 3.05) is 36.0 Å². The third kappa shape index (κ3) is 2.37. The van der Waals surface area contributed by atoms with Gasteiger partial charge in [0.1, 0.15) is 17.7 Å². The smallest absolute Gasteiger partial charge is 0.298 e. The third-order valence-electron chi connectivity index (χ3n) is 4.52. The van der Waals surface area contributed by atoms with Crippen molar-refractivity contribution in [3.8, 4) is 0 Å². The summed E-state index contributed by atoms with van der Waals surface area (Å²) >= 11 is 0. The van der Waals surface area contributed by atoms with Crippen molar-refractivity contribution in [1.29, 1.82) is 0 Å². The number of aromatic nitrogens is 5. The van der Waals surface area contributed by atoms with Gasteiger partial charge in [-0.15, -0.1) is 0 Å². The van der Waals surface area contributed by atoms with E-state index in [4.69, 9.17) is 4.42 Å². The van der Waals surface area contributed by atoms with Crippen molar-refractivity contribution < 1.29 is 4.42 Å². The number of hydrogen-bond acceptors (Lipinski definition) is 7. The summed E-state index contributed by atoms with van der Waals surface area (Å²) in [7, 11) is 0. The Bertz CT molecular complexity index is 1010. The molecule has 1 aliphatic rings. The van der Waals surface area contributed by atoms with Gasteiger partial charge in [0.25, 0.3) is 11.8 Å². The number of aryl methyl sites for hydroxylation is 1. The van der Waals surface area contributed by atoms with Gasteiger partial charge in [0.2, 0.25) is 0 Å². The van der Waals surface area contributed by atoms with E-state index in [9.17, 15) is 0 Å². The maximum absolute atomic E-state index is 5.88. The molecule has 0 unspecified atom stereocenters. The molecule has 25 heavy (non-hydrogen) atoms. The molecule has 3 aromatic heterocycles. The molecule has 1 aliphatic heterocycles. The number of fused-ring (bicyclic) bond motifs is 2. The first-order valence-corrected chi connectivity index (χ1v) is 8.31. The van der Waals surface area contributed by atoms with E-state index in [1.807, 2.05) is 31.2 Å². The van der Waals surface area contributed by atoms with Gasteiger partial charge in [-0.25, -0.2) is 4.98 Å². The molecule has 0 saturated carbocycles. The standard InChI is InChI=1S/C17H17N7O/c1-12-10-15(24-16(20-12)18-11-19-24)22-6-8-23(9-7-22)17-21-13-4-2-3-5-14(13)25-17/h2-5,10-11H,6-9H2,1H3. The minimum absolute atomic E-state index is 0.636. The Kier molecular flexibility index (Phi) is 3.09. The number of benzene rings is 1. The van der Waals surface area contributed by atoms with E-state index >= 15 is 0 Å². The average molecular weight is 335 g/mol. The zero-order chi connectivity index (χ0) is 16.8. The highest BCUT2D eigenvalue weighted by Gasteiger charge is 2.23. The first-order valence-electron chi connectivity index (χ1n) is 8.31. The maximum atomic E-state index is 5.88. The molecule has 0 amide bonds. The summed E-state index contributed by atoms with van der Waals surface area (Å²) in [6, 6.07) is 10.6. The average Bonchev–Trinajstić information content (AvgIpc) is 3.27. The Labute approximate surface area is 143 Å². The molecular formula is C17H17N7O. The molecule has 0 atom stereocenters. The SMILES string of the molecule is Cc1cc(N2CCN(c3nc4ccccc4o3)CC2)n2ncnc2n1. The van der Waals surface area contributed by atoms with Gasteiger partial charge in [0.15, 0.2) is 5.58 Å². The van der Waals surface area contributed by atoms with Crippen LogP contribution in [-0.4, -0.2) is 50.7 Å². The summed E-state index contributed by atoms with van der Waals surface area (Å²) in [6.45, 7) is 5.37. The number of nitrogens with zero attached hydrogens (tertiary/aromatic N) is 7. The number of oxazole rings is 1. The Hall–Kier alpha value is -3.16. The van der Waals surface area contributed by atoms with Gasteiger partial charge in [0, 0.05) is 37.9 Å². The first-order chi connectivity index (χ1) is 12.3.